The summed E-state index contributed by atoms with van der Waals surface area (Å²) in [4.78, 5) is 12.5. The lowest BCUT2D eigenvalue weighted by Crippen LogP contribution is -2.35. The van der Waals surface area contributed by atoms with E-state index in [1.54, 1.807) is 18.2 Å². The van der Waals surface area contributed by atoms with Crippen molar-refractivity contribution in [3.05, 3.63) is 71.3 Å². The first-order valence-corrected chi connectivity index (χ1v) is 10.2. The average Bonchev–Trinajstić information content (AvgIpc) is 2.94. The quantitative estimate of drug-likeness (QED) is 0.869. The van der Waals surface area contributed by atoms with Gasteiger partial charge in [0, 0.05) is 0 Å². The summed E-state index contributed by atoms with van der Waals surface area (Å²) in [7, 11) is -3.18. The summed E-state index contributed by atoms with van der Waals surface area (Å²) in [5.41, 5.74) is 1.20. The highest BCUT2D eigenvalue weighted by Gasteiger charge is 2.34. The first kappa shape index (κ1) is 18.5. The maximum absolute atomic E-state index is 13.6. The van der Waals surface area contributed by atoms with Gasteiger partial charge in [0.15, 0.2) is 9.84 Å². The van der Waals surface area contributed by atoms with Crippen molar-refractivity contribution in [2.45, 2.75) is 18.9 Å². The molecule has 1 N–H and O–H groups in total. The van der Waals surface area contributed by atoms with Gasteiger partial charge in [-0.3, -0.25) is 4.79 Å². The topological polar surface area (TPSA) is 63.2 Å². The van der Waals surface area contributed by atoms with Crippen molar-refractivity contribution in [2.75, 3.05) is 11.5 Å². The minimum absolute atomic E-state index is 0.000382. The second kappa shape index (κ2) is 7.53. The van der Waals surface area contributed by atoms with Crippen LogP contribution in [0.3, 0.4) is 0 Å². The van der Waals surface area contributed by atoms with E-state index in [1.165, 1.54) is 30.3 Å². The van der Waals surface area contributed by atoms with Gasteiger partial charge >= 0.3 is 0 Å². The molecule has 138 valence electrons. The van der Waals surface area contributed by atoms with Crippen LogP contribution >= 0.6 is 0 Å². The molecule has 2 atom stereocenters. The van der Waals surface area contributed by atoms with Crippen LogP contribution < -0.4 is 5.32 Å². The predicted octanol–water partition coefficient (Wildman–Crippen LogP) is 2.80. The van der Waals surface area contributed by atoms with Gasteiger partial charge in [-0.25, -0.2) is 17.2 Å². The molecule has 2 aromatic rings. The average molecular weight is 379 g/mol. The van der Waals surface area contributed by atoms with Gasteiger partial charge in [-0.2, -0.15) is 0 Å². The van der Waals surface area contributed by atoms with E-state index in [1.807, 2.05) is 0 Å². The van der Waals surface area contributed by atoms with Gasteiger partial charge in [0.2, 0.25) is 5.91 Å². The van der Waals surface area contributed by atoms with Crippen LogP contribution in [0, 0.1) is 17.6 Å². The van der Waals surface area contributed by atoms with E-state index in [2.05, 4.69) is 5.32 Å². The summed E-state index contributed by atoms with van der Waals surface area (Å²) in [6.07, 6.45) is 0.552. The zero-order valence-corrected chi connectivity index (χ0v) is 14.8. The predicted molar refractivity (Wildman–Crippen MR) is 94.1 cm³/mol. The SMILES string of the molecule is O=C(NC(Cc1cccc(F)c1)c1cccc(F)c1)C1CCS(=O)(=O)C1. The molecule has 26 heavy (non-hydrogen) atoms. The second-order valence-corrected chi connectivity index (χ2v) is 8.78. The maximum Gasteiger partial charge on any atom is 0.224 e. The molecule has 1 saturated heterocycles. The molecule has 7 heteroatoms. The fourth-order valence-electron chi connectivity index (χ4n) is 3.17. The molecule has 0 saturated carbocycles. The van der Waals surface area contributed by atoms with Crippen molar-refractivity contribution in [3.63, 3.8) is 0 Å². The molecule has 0 radical (unpaired) electrons. The number of nitrogens with one attached hydrogen (secondary N) is 1. The van der Waals surface area contributed by atoms with Gasteiger partial charge in [-0.05, 0) is 48.2 Å². The molecule has 1 fully saturated rings. The summed E-state index contributed by atoms with van der Waals surface area (Å²) in [6, 6.07) is 11.2. The Morgan fingerprint density at radius 2 is 1.81 bits per heavy atom. The fourth-order valence-corrected chi connectivity index (χ4v) is 4.91. The number of sulfone groups is 1. The monoisotopic (exact) mass is 379 g/mol. The standard InChI is InChI=1S/C19H19F2NO3S/c20-16-5-1-3-13(9-16)10-18(14-4-2-6-17(21)11-14)22-19(23)15-7-8-26(24,25)12-15/h1-6,9,11,15,18H,7-8,10,12H2,(H,22,23). The molecule has 1 amide bonds. The van der Waals surface area contributed by atoms with E-state index in [4.69, 9.17) is 0 Å². The number of benzene rings is 2. The Balaban J connectivity index is 1.82. The van der Waals surface area contributed by atoms with E-state index >= 15 is 0 Å². The summed E-state index contributed by atoms with van der Waals surface area (Å²) in [5, 5.41) is 2.82. The molecular weight excluding hydrogens is 360 g/mol. The van der Waals surface area contributed by atoms with Gasteiger partial charge in [-0.1, -0.05) is 24.3 Å². The van der Waals surface area contributed by atoms with E-state index in [0.717, 1.165) is 0 Å². The van der Waals surface area contributed by atoms with E-state index in [0.29, 0.717) is 11.1 Å². The highest BCUT2D eigenvalue weighted by Crippen LogP contribution is 2.23. The maximum atomic E-state index is 13.6. The van der Waals surface area contributed by atoms with E-state index in [9.17, 15) is 22.0 Å². The molecule has 2 unspecified atom stereocenters. The number of rotatable bonds is 5. The summed E-state index contributed by atoms with van der Waals surface area (Å²) in [6.45, 7) is 0. The third-order valence-electron chi connectivity index (χ3n) is 4.50. The Kier molecular flexibility index (Phi) is 5.36. The zero-order valence-electron chi connectivity index (χ0n) is 14.0. The summed E-state index contributed by atoms with van der Waals surface area (Å²) < 4.78 is 50.3. The Morgan fingerprint density at radius 1 is 1.12 bits per heavy atom. The van der Waals surface area contributed by atoms with Crippen LogP contribution in [0.25, 0.3) is 0 Å². The van der Waals surface area contributed by atoms with Crippen LogP contribution in [0.15, 0.2) is 48.5 Å². The molecule has 2 aromatic carbocycles. The van der Waals surface area contributed by atoms with Crippen LogP contribution in [0.5, 0.6) is 0 Å². The second-order valence-electron chi connectivity index (χ2n) is 6.55. The molecule has 0 spiro atoms. The van der Waals surface area contributed by atoms with Crippen molar-refractivity contribution in [2.24, 2.45) is 5.92 Å². The minimum atomic E-state index is -3.18. The van der Waals surface area contributed by atoms with E-state index in [-0.39, 0.29) is 30.3 Å². The minimum Gasteiger partial charge on any atom is -0.349 e. The number of hydrogen-bond acceptors (Lipinski definition) is 3. The molecule has 1 aliphatic heterocycles. The first-order chi connectivity index (χ1) is 12.3. The number of amides is 1. The van der Waals surface area contributed by atoms with Crippen molar-refractivity contribution in [3.8, 4) is 0 Å². The van der Waals surface area contributed by atoms with Gasteiger partial charge in [0.1, 0.15) is 11.6 Å². The number of carbonyl (C=O) groups excluding carboxylic acids is 1. The van der Waals surface area contributed by atoms with Crippen LogP contribution in [0.4, 0.5) is 8.78 Å². The van der Waals surface area contributed by atoms with Gasteiger partial charge in [0.05, 0.1) is 23.5 Å². The largest absolute Gasteiger partial charge is 0.349 e. The fraction of sp³-hybridized carbons (Fsp3) is 0.316. The highest BCUT2D eigenvalue weighted by molar-refractivity contribution is 7.91. The Morgan fingerprint density at radius 3 is 2.42 bits per heavy atom. The van der Waals surface area contributed by atoms with Crippen LogP contribution in [-0.2, 0) is 21.1 Å². The number of hydrogen-bond donors (Lipinski definition) is 1. The lowest BCUT2D eigenvalue weighted by Gasteiger charge is -2.21. The molecule has 0 aromatic heterocycles. The lowest BCUT2D eigenvalue weighted by molar-refractivity contribution is -0.125. The Labute approximate surface area is 151 Å². The van der Waals surface area contributed by atoms with Gasteiger partial charge < -0.3 is 5.32 Å². The van der Waals surface area contributed by atoms with Crippen LogP contribution in [0.2, 0.25) is 0 Å². The molecule has 0 bridgehead atoms. The lowest BCUT2D eigenvalue weighted by atomic mass is 9.97. The normalized spacial score (nSPS) is 19.8. The van der Waals surface area contributed by atoms with Gasteiger partial charge in [0.25, 0.3) is 0 Å². The molecule has 3 rings (SSSR count). The highest BCUT2D eigenvalue weighted by atomic mass is 32.2. The molecule has 0 aliphatic carbocycles. The molecule has 4 nitrogen and oxygen atoms in total. The van der Waals surface area contributed by atoms with Crippen molar-refractivity contribution < 1.29 is 22.0 Å². The Bertz CT molecular complexity index is 915. The zero-order chi connectivity index (χ0) is 18.7. The smallest absolute Gasteiger partial charge is 0.224 e. The van der Waals surface area contributed by atoms with Crippen molar-refractivity contribution in [1.29, 1.82) is 0 Å². The summed E-state index contributed by atoms with van der Waals surface area (Å²) >= 11 is 0. The molecule has 1 aliphatic rings. The number of halogens is 2. The third-order valence-corrected chi connectivity index (χ3v) is 6.27. The Hall–Kier alpha value is -2.28. The summed E-state index contributed by atoms with van der Waals surface area (Å²) in [5.74, 6) is -1.99. The van der Waals surface area contributed by atoms with Crippen molar-refractivity contribution >= 4 is 15.7 Å². The van der Waals surface area contributed by atoms with Gasteiger partial charge in [-0.15, -0.1) is 0 Å². The first-order valence-electron chi connectivity index (χ1n) is 8.33. The third kappa shape index (κ3) is 4.66. The van der Waals surface area contributed by atoms with Crippen molar-refractivity contribution in [1.82, 2.24) is 5.32 Å². The number of carbonyl (C=O) groups is 1. The molecule has 1 heterocycles. The van der Waals surface area contributed by atoms with Crippen LogP contribution in [-0.4, -0.2) is 25.8 Å². The molecular formula is C19H19F2NO3S. The van der Waals surface area contributed by atoms with E-state index < -0.39 is 33.4 Å². The van der Waals surface area contributed by atoms with Crippen LogP contribution in [0.1, 0.15) is 23.6 Å².